The summed E-state index contributed by atoms with van der Waals surface area (Å²) < 4.78 is 10.7. The lowest BCUT2D eigenvalue weighted by atomic mass is 9.71. The van der Waals surface area contributed by atoms with E-state index in [1.165, 1.54) is 6.08 Å². The molecule has 1 atom stereocenters. The molecule has 2 N–H and O–H groups in total. The molecule has 6 heteroatoms. The third-order valence-corrected chi connectivity index (χ3v) is 4.57. The Morgan fingerprint density at radius 2 is 2.08 bits per heavy atom. The quantitative estimate of drug-likeness (QED) is 0.553. The second kappa shape index (κ2) is 8.78. The van der Waals surface area contributed by atoms with Gasteiger partial charge in [0.05, 0.1) is 18.6 Å². The van der Waals surface area contributed by atoms with Crippen molar-refractivity contribution >= 4 is 11.9 Å². The van der Waals surface area contributed by atoms with E-state index in [0.717, 1.165) is 11.1 Å². The molecule has 0 aliphatic carbocycles. The van der Waals surface area contributed by atoms with Gasteiger partial charge in [0.2, 0.25) is 5.91 Å². The van der Waals surface area contributed by atoms with Gasteiger partial charge in [-0.3, -0.25) is 4.79 Å². The van der Waals surface area contributed by atoms with Gasteiger partial charge in [0.1, 0.15) is 0 Å². The molecule has 1 amide bonds. The second-order valence-corrected chi connectivity index (χ2v) is 6.20. The Hall–Kier alpha value is -2.18. The first-order valence-corrected chi connectivity index (χ1v) is 8.37. The second-order valence-electron chi connectivity index (χ2n) is 6.20. The highest BCUT2D eigenvalue weighted by Crippen LogP contribution is 2.37. The molecular formula is C19H25NO5. The summed E-state index contributed by atoms with van der Waals surface area (Å²) >= 11 is 0. The number of nitrogens with one attached hydrogen (secondary N) is 1. The van der Waals surface area contributed by atoms with Crippen molar-refractivity contribution in [2.24, 2.45) is 0 Å². The van der Waals surface area contributed by atoms with Gasteiger partial charge in [-0.1, -0.05) is 30.3 Å². The molecule has 136 valence electrons. The first-order valence-electron chi connectivity index (χ1n) is 8.37. The zero-order chi connectivity index (χ0) is 18.3. The first kappa shape index (κ1) is 19.1. The molecule has 0 spiro atoms. The number of hydrogen-bond donors (Lipinski definition) is 2. The number of ether oxygens (including phenoxy) is 2. The maximum Gasteiger partial charge on any atom is 0.328 e. The Morgan fingerprint density at radius 1 is 1.40 bits per heavy atom. The Bertz CT molecular complexity index is 622. The van der Waals surface area contributed by atoms with E-state index < -0.39 is 17.4 Å². The van der Waals surface area contributed by atoms with Crippen molar-refractivity contribution in [2.75, 3.05) is 26.4 Å². The third-order valence-electron chi connectivity index (χ3n) is 4.57. The summed E-state index contributed by atoms with van der Waals surface area (Å²) in [6.07, 6.45) is 2.57. The predicted molar refractivity (Wildman–Crippen MR) is 93.5 cm³/mol. The summed E-state index contributed by atoms with van der Waals surface area (Å²) in [5.74, 6) is -1.41. The van der Waals surface area contributed by atoms with Crippen LogP contribution in [-0.2, 0) is 24.5 Å². The van der Waals surface area contributed by atoms with Gasteiger partial charge in [-0.25, -0.2) is 4.79 Å². The van der Waals surface area contributed by atoms with Crippen molar-refractivity contribution in [1.82, 2.24) is 5.32 Å². The summed E-state index contributed by atoms with van der Waals surface area (Å²) in [5, 5.41) is 12.0. The normalized spacial score (nSPS) is 17.5. The molecule has 0 saturated carbocycles. The Labute approximate surface area is 147 Å². The molecular weight excluding hydrogens is 322 g/mol. The van der Waals surface area contributed by atoms with Crippen molar-refractivity contribution in [1.29, 1.82) is 0 Å². The van der Waals surface area contributed by atoms with E-state index in [0.29, 0.717) is 26.1 Å². The number of carbonyl (C=O) groups excluding carboxylic acids is 1. The molecule has 1 aliphatic rings. The molecule has 1 unspecified atom stereocenters. The standard InChI is InChI=1S/C19H25NO5/c1-3-10-25-13-16(17(21)22)20-18(23)19(8-11-24-12-9-19)15-7-5-4-6-14(15)2/h3-7,16H,1,8-13H2,2H3,(H,20,23)(H,21,22). The number of hydrogen-bond acceptors (Lipinski definition) is 4. The first-order chi connectivity index (χ1) is 12.0. The van der Waals surface area contributed by atoms with E-state index in [1.54, 1.807) is 0 Å². The van der Waals surface area contributed by atoms with Gasteiger partial charge in [-0.15, -0.1) is 6.58 Å². The molecule has 6 nitrogen and oxygen atoms in total. The van der Waals surface area contributed by atoms with Crippen LogP contribution in [0.25, 0.3) is 0 Å². The average Bonchev–Trinajstić information content (AvgIpc) is 2.61. The molecule has 1 aliphatic heterocycles. The van der Waals surface area contributed by atoms with E-state index >= 15 is 0 Å². The molecule has 1 aromatic rings. The minimum atomic E-state index is -1.12. The number of rotatable bonds is 8. The lowest BCUT2D eigenvalue weighted by Crippen LogP contribution is -2.54. The van der Waals surface area contributed by atoms with Gasteiger partial charge in [0, 0.05) is 13.2 Å². The van der Waals surface area contributed by atoms with Crippen LogP contribution in [0.4, 0.5) is 0 Å². The monoisotopic (exact) mass is 347 g/mol. The summed E-state index contributed by atoms with van der Waals surface area (Å²) in [5.41, 5.74) is 1.15. The summed E-state index contributed by atoms with van der Waals surface area (Å²) in [6.45, 7) is 6.54. The molecule has 1 saturated heterocycles. The molecule has 1 heterocycles. The van der Waals surface area contributed by atoms with Crippen molar-refractivity contribution in [3.05, 3.63) is 48.0 Å². The van der Waals surface area contributed by atoms with E-state index in [-0.39, 0.29) is 19.1 Å². The van der Waals surface area contributed by atoms with Gasteiger partial charge in [-0.2, -0.15) is 0 Å². The van der Waals surface area contributed by atoms with Gasteiger partial charge < -0.3 is 19.9 Å². The van der Waals surface area contributed by atoms with Crippen LogP contribution in [0, 0.1) is 6.92 Å². The van der Waals surface area contributed by atoms with Crippen molar-refractivity contribution in [2.45, 2.75) is 31.2 Å². The number of aryl methyl sites for hydroxylation is 1. The Balaban J connectivity index is 2.25. The zero-order valence-electron chi connectivity index (χ0n) is 14.5. The topological polar surface area (TPSA) is 84.9 Å². The van der Waals surface area contributed by atoms with Crippen molar-refractivity contribution < 1.29 is 24.2 Å². The smallest absolute Gasteiger partial charge is 0.328 e. The molecule has 1 fully saturated rings. The molecule has 0 radical (unpaired) electrons. The van der Waals surface area contributed by atoms with Crippen LogP contribution in [0.5, 0.6) is 0 Å². The largest absolute Gasteiger partial charge is 0.480 e. The zero-order valence-corrected chi connectivity index (χ0v) is 14.5. The number of carbonyl (C=O) groups is 2. The highest BCUT2D eigenvalue weighted by molar-refractivity contribution is 5.92. The highest BCUT2D eigenvalue weighted by Gasteiger charge is 2.43. The number of amides is 1. The fourth-order valence-electron chi connectivity index (χ4n) is 3.19. The maximum atomic E-state index is 13.1. The minimum absolute atomic E-state index is 0.104. The lowest BCUT2D eigenvalue weighted by molar-refractivity contribution is -0.145. The van der Waals surface area contributed by atoms with Crippen LogP contribution in [0.15, 0.2) is 36.9 Å². The number of benzene rings is 1. The van der Waals surface area contributed by atoms with Crippen LogP contribution in [0.1, 0.15) is 24.0 Å². The van der Waals surface area contributed by atoms with E-state index in [1.807, 2.05) is 31.2 Å². The molecule has 0 bridgehead atoms. The third kappa shape index (κ3) is 4.46. The van der Waals surface area contributed by atoms with Crippen LogP contribution >= 0.6 is 0 Å². The SMILES string of the molecule is C=CCOCC(NC(=O)C1(c2ccccc2C)CCOCC1)C(=O)O. The average molecular weight is 347 g/mol. The van der Waals surface area contributed by atoms with Gasteiger partial charge in [-0.05, 0) is 30.9 Å². The summed E-state index contributed by atoms with van der Waals surface area (Å²) in [7, 11) is 0. The Morgan fingerprint density at radius 3 is 2.68 bits per heavy atom. The van der Waals surface area contributed by atoms with Crippen LogP contribution in [0.3, 0.4) is 0 Å². The summed E-state index contributed by atoms with van der Waals surface area (Å²) in [6, 6.07) is 6.62. The van der Waals surface area contributed by atoms with Crippen LogP contribution in [-0.4, -0.2) is 49.5 Å². The van der Waals surface area contributed by atoms with E-state index in [2.05, 4.69) is 11.9 Å². The molecule has 25 heavy (non-hydrogen) atoms. The molecule has 1 aromatic carbocycles. The van der Waals surface area contributed by atoms with E-state index in [4.69, 9.17) is 9.47 Å². The number of carboxylic acids is 1. The number of aliphatic carboxylic acids is 1. The van der Waals surface area contributed by atoms with Crippen molar-refractivity contribution in [3.8, 4) is 0 Å². The molecule has 2 rings (SSSR count). The summed E-state index contributed by atoms with van der Waals surface area (Å²) in [4.78, 5) is 24.6. The minimum Gasteiger partial charge on any atom is -0.480 e. The maximum absolute atomic E-state index is 13.1. The Kier molecular flexibility index (Phi) is 6.73. The van der Waals surface area contributed by atoms with E-state index in [9.17, 15) is 14.7 Å². The highest BCUT2D eigenvalue weighted by atomic mass is 16.5. The fraction of sp³-hybridized carbons (Fsp3) is 0.474. The van der Waals surface area contributed by atoms with Gasteiger partial charge in [0.15, 0.2) is 6.04 Å². The van der Waals surface area contributed by atoms with Crippen molar-refractivity contribution in [3.63, 3.8) is 0 Å². The predicted octanol–water partition coefficient (Wildman–Crippen LogP) is 1.82. The number of carboxylic acid groups (broad SMARTS) is 1. The van der Waals surface area contributed by atoms with Crippen LogP contribution < -0.4 is 5.32 Å². The van der Waals surface area contributed by atoms with Gasteiger partial charge >= 0.3 is 5.97 Å². The van der Waals surface area contributed by atoms with Crippen LogP contribution in [0.2, 0.25) is 0 Å². The lowest BCUT2D eigenvalue weighted by Gasteiger charge is -2.38. The molecule has 0 aromatic heterocycles. The fourth-order valence-corrected chi connectivity index (χ4v) is 3.19. The van der Waals surface area contributed by atoms with Gasteiger partial charge in [0.25, 0.3) is 0 Å².